The van der Waals surface area contributed by atoms with E-state index in [2.05, 4.69) is 6.07 Å². The summed E-state index contributed by atoms with van der Waals surface area (Å²) in [5.41, 5.74) is 4.80. The lowest BCUT2D eigenvalue weighted by Crippen LogP contribution is -2.38. The third-order valence-corrected chi connectivity index (χ3v) is 8.30. The van der Waals surface area contributed by atoms with Crippen LogP contribution in [0.3, 0.4) is 0 Å². The first-order valence-electron chi connectivity index (χ1n) is 13.5. The molecule has 0 amide bonds. The van der Waals surface area contributed by atoms with Gasteiger partial charge in [0.05, 0.1) is 11.4 Å². The number of carboxylic acids is 2. The normalized spacial score (nSPS) is 20.8. The highest BCUT2D eigenvalue weighted by atomic mass is 16.5. The van der Waals surface area contributed by atoms with Crippen LogP contribution >= 0.6 is 0 Å². The van der Waals surface area contributed by atoms with Crippen molar-refractivity contribution in [3.05, 3.63) is 99.9 Å². The van der Waals surface area contributed by atoms with Gasteiger partial charge < -0.3 is 14.9 Å². The number of hydrogen-bond acceptors (Lipinski definition) is 4. The van der Waals surface area contributed by atoms with Gasteiger partial charge in [0.1, 0.15) is 17.8 Å². The number of hydrogen-bond donors (Lipinski definition) is 2. The molecule has 2 fully saturated rings. The van der Waals surface area contributed by atoms with Crippen molar-refractivity contribution in [2.24, 2.45) is 0 Å². The molecule has 0 bridgehead atoms. The summed E-state index contributed by atoms with van der Waals surface area (Å²) >= 11 is 0. The Morgan fingerprint density at radius 3 is 2.49 bits per heavy atom. The second kappa shape index (κ2) is 9.56. The van der Waals surface area contributed by atoms with E-state index >= 15 is 0 Å². The minimum Gasteiger partial charge on any atom is -0.489 e. The number of aromatic nitrogens is 2. The second-order valence-corrected chi connectivity index (χ2v) is 11.1. The molecule has 3 aromatic rings. The summed E-state index contributed by atoms with van der Waals surface area (Å²) in [6, 6.07) is 13.8. The number of nitrogens with zero attached hydrogens (tertiary/aromatic N) is 2. The van der Waals surface area contributed by atoms with Gasteiger partial charge in [-0.3, -0.25) is 4.79 Å². The van der Waals surface area contributed by atoms with Gasteiger partial charge in [0.25, 0.3) is 0 Å². The SMILES string of the molecule is CC1=C(C(=O)O)CC(C(=O)O)(c2cccc(C3CC3)c2COc2ccc(-n3ccc(C4CC4)n3)cc2C)C=C1. The summed E-state index contributed by atoms with van der Waals surface area (Å²) < 4.78 is 8.26. The van der Waals surface area contributed by atoms with Crippen LogP contribution in [0.5, 0.6) is 5.75 Å². The van der Waals surface area contributed by atoms with E-state index in [1.54, 1.807) is 19.1 Å². The van der Waals surface area contributed by atoms with Crippen LogP contribution < -0.4 is 4.74 Å². The van der Waals surface area contributed by atoms with Gasteiger partial charge in [-0.15, -0.1) is 0 Å². The van der Waals surface area contributed by atoms with Gasteiger partial charge in [0, 0.05) is 24.1 Å². The van der Waals surface area contributed by atoms with Crippen LogP contribution in [0.15, 0.2) is 72.0 Å². The molecule has 1 aromatic heterocycles. The maximum atomic E-state index is 12.8. The van der Waals surface area contributed by atoms with E-state index in [9.17, 15) is 19.8 Å². The van der Waals surface area contributed by atoms with Crippen molar-refractivity contribution in [3.63, 3.8) is 0 Å². The van der Waals surface area contributed by atoms with Crippen molar-refractivity contribution < 1.29 is 24.5 Å². The van der Waals surface area contributed by atoms with Crippen LogP contribution in [-0.2, 0) is 21.6 Å². The number of allylic oxidation sites excluding steroid dienone is 2. The van der Waals surface area contributed by atoms with Crippen LogP contribution in [0, 0.1) is 6.92 Å². The van der Waals surface area contributed by atoms with Gasteiger partial charge >= 0.3 is 11.9 Å². The lowest BCUT2D eigenvalue weighted by atomic mass is 9.69. The zero-order valence-electron chi connectivity index (χ0n) is 22.2. The zero-order chi connectivity index (χ0) is 27.3. The first kappa shape index (κ1) is 25.2. The topological polar surface area (TPSA) is 102 Å². The van der Waals surface area contributed by atoms with Gasteiger partial charge in [-0.05, 0) is 97.5 Å². The third-order valence-electron chi connectivity index (χ3n) is 8.30. The summed E-state index contributed by atoms with van der Waals surface area (Å²) in [6.07, 6.45) is 9.67. The molecule has 0 spiro atoms. The molecular formula is C32H32N2O5. The summed E-state index contributed by atoms with van der Waals surface area (Å²) in [5, 5.41) is 25.0. The first-order chi connectivity index (χ1) is 18.8. The number of benzene rings is 2. The van der Waals surface area contributed by atoms with Crippen molar-refractivity contribution in [3.8, 4) is 11.4 Å². The fraction of sp³-hybridized carbons (Fsp3) is 0.344. The molecule has 7 heteroatoms. The molecule has 6 rings (SSSR count). The molecule has 1 heterocycles. The minimum atomic E-state index is -1.48. The largest absolute Gasteiger partial charge is 0.489 e. The fourth-order valence-electron chi connectivity index (χ4n) is 5.66. The second-order valence-electron chi connectivity index (χ2n) is 11.1. The highest BCUT2D eigenvalue weighted by molar-refractivity contribution is 5.94. The van der Waals surface area contributed by atoms with Crippen molar-refractivity contribution in [1.29, 1.82) is 0 Å². The van der Waals surface area contributed by atoms with Crippen LogP contribution in [-0.4, -0.2) is 31.9 Å². The average Bonchev–Trinajstić information content (AvgIpc) is 3.86. The summed E-state index contributed by atoms with van der Waals surface area (Å²) in [7, 11) is 0. The van der Waals surface area contributed by atoms with Gasteiger partial charge in [0.15, 0.2) is 0 Å². The van der Waals surface area contributed by atoms with Crippen LogP contribution in [0.1, 0.15) is 78.8 Å². The fourth-order valence-corrected chi connectivity index (χ4v) is 5.66. The molecule has 2 aromatic carbocycles. The van der Waals surface area contributed by atoms with Crippen molar-refractivity contribution in [2.45, 2.75) is 69.8 Å². The molecular weight excluding hydrogens is 492 g/mol. The smallest absolute Gasteiger partial charge is 0.331 e. The highest BCUT2D eigenvalue weighted by Crippen LogP contribution is 2.47. The zero-order valence-corrected chi connectivity index (χ0v) is 22.2. The van der Waals surface area contributed by atoms with Gasteiger partial charge in [-0.1, -0.05) is 30.4 Å². The Kier molecular flexibility index (Phi) is 6.17. The lowest BCUT2D eigenvalue weighted by Gasteiger charge is -2.33. The predicted molar refractivity (Wildman–Crippen MR) is 146 cm³/mol. The molecule has 0 aliphatic heterocycles. The molecule has 1 atom stereocenters. The van der Waals surface area contributed by atoms with E-state index in [0.717, 1.165) is 46.7 Å². The number of aliphatic carboxylic acids is 2. The number of rotatable bonds is 9. The van der Waals surface area contributed by atoms with E-state index in [4.69, 9.17) is 9.84 Å². The van der Waals surface area contributed by atoms with E-state index < -0.39 is 17.4 Å². The molecule has 0 radical (unpaired) electrons. The van der Waals surface area contributed by atoms with Crippen molar-refractivity contribution in [2.75, 3.05) is 0 Å². The number of aryl methyl sites for hydroxylation is 1. The Balaban J connectivity index is 1.32. The molecule has 39 heavy (non-hydrogen) atoms. The van der Waals surface area contributed by atoms with Crippen LogP contribution in [0.4, 0.5) is 0 Å². The molecule has 3 aliphatic carbocycles. The monoisotopic (exact) mass is 524 g/mol. The molecule has 0 saturated heterocycles. The first-order valence-corrected chi connectivity index (χ1v) is 13.5. The number of ether oxygens (including phenoxy) is 1. The average molecular weight is 525 g/mol. The van der Waals surface area contributed by atoms with Gasteiger partial charge in [-0.25, -0.2) is 9.48 Å². The lowest BCUT2D eigenvalue weighted by molar-refractivity contribution is -0.142. The predicted octanol–water partition coefficient (Wildman–Crippen LogP) is 6.20. The van der Waals surface area contributed by atoms with Gasteiger partial charge in [0.2, 0.25) is 0 Å². The van der Waals surface area contributed by atoms with E-state index in [1.165, 1.54) is 12.8 Å². The molecule has 3 aliphatic rings. The number of carboxylic acid groups (broad SMARTS) is 2. The Morgan fingerprint density at radius 2 is 1.82 bits per heavy atom. The Labute approximate surface area is 227 Å². The Bertz CT molecular complexity index is 1540. The highest BCUT2D eigenvalue weighted by Gasteiger charge is 2.44. The quantitative estimate of drug-likeness (QED) is 0.346. The van der Waals surface area contributed by atoms with Crippen LogP contribution in [0.2, 0.25) is 0 Å². The number of carbonyl (C=O) groups is 2. The van der Waals surface area contributed by atoms with E-state index in [1.807, 2.05) is 54.2 Å². The molecule has 2 saturated carbocycles. The maximum absolute atomic E-state index is 12.8. The summed E-state index contributed by atoms with van der Waals surface area (Å²) in [6.45, 7) is 3.90. The maximum Gasteiger partial charge on any atom is 0.331 e. The molecule has 2 N–H and O–H groups in total. The third kappa shape index (κ3) is 4.67. The molecule has 1 unspecified atom stereocenters. The summed E-state index contributed by atoms with van der Waals surface area (Å²) in [5.74, 6) is -0.479. The van der Waals surface area contributed by atoms with Crippen molar-refractivity contribution >= 4 is 11.9 Å². The van der Waals surface area contributed by atoms with Gasteiger partial charge in [-0.2, -0.15) is 5.10 Å². The standard InChI is InChI=1S/C32H32N2O5/c1-19-12-14-32(31(37)38,17-25(19)30(35)36)27-5-3-4-24(21-6-7-21)26(27)18-39-29-11-10-23(16-20(29)2)34-15-13-28(33-34)22-8-9-22/h3-5,10-16,21-22H,6-9,17-18H2,1-2H3,(H,35,36)(H,37,38). The van der Waals surface area contributed by atoms with E-state index in [-0.39, 0.29) is 18.6 Å². The van der Waals surface area contributed by atoms with Crippen LogP contribution in [0.25, 0.3) is 5.69 Å². The Morgan fingerprint density at radius 1 is 1.05 bits per heavy atom. The summed E-state index contributed by atoms with van der Waals surface area (Å²) in [4.78, 5) is 24.8. The Hall–Kier alpha value is -4.13. The minimum absolute atomic E-state index is 0.110. The van der Waals surface area contributed by atoms with E-state index in [0.29, 0.717) is 23.0 Å². The molecule has 200 valence electrons. The van der Waals surface area contributed by atoms with Crippen molar-refractivity contribution in [1.82, 2.24) is 9.78 Å². The molecule has 7 nitrogen and oxygen atoms in total.